The van der Waals surface area contributed by atoms with Gasteiger partial charge in [0.25, 0.3) is 0 Å². The van der Waals surface area contributed by atoms with Crippen molar-refractivity contribution in [3.05, 3.63) is 0 Å². The van der Waals surface area contributed by atoms with Crippen LogP contribution in [-0.4, -0.2) is 30.3 Å². The summed E-state index contributed by atoms with van der Waals surface area (Å²) in [5.41, 5.74) is 0. The van der Waals surface area contributed by atoms with E-state index in [9.17, 15) is 9.90 Å². The third-order valence-corrected chi connectivity index (χ3v) is 2.19. The van der Waals surface area contributed by atoms with Gasteiger partial charge >= 0.3 is 6.03 Å². The second-order valence-corrected chi connectivity index (χ2v) is 3.79. The molecule has 0 heterocycles. The topological polar surface area (TPSA) is 61.4 Å². The first kappa shape index (κ1) is 14.2. The molecule has 0 spiro atoms. The molecule has 4 nitrogen and oxygen atoms in total. The maximum Gasteiger partial charge on any atom is 0.314 e. The molecule has 0 aliphatic heterocycles. The van der Waals surface area contributed by atoms with Gasteiger partial charge in [-0.1, -0.05) is 33.1 Å². The Morgan fingerprint density at radius 1 is 1.20 bits per heavy atom. The zero-order chi connectivity index (χ0) is 11.5. The molecule has 0 aromatic carbocycles. The highest BCUT2D eigenvalue weighted by Gasteiger charge is 2.04. The van der Waals surface area contributed by atoms with E-state index in [2.05, 4.69) is 17.6 Å². The third-order valence-electron chi connectivity index (χ3n) is 2.19. The quantitative estimate of drug-likeness (QED) is 0.540. The SMILES string of the molecule is CCCCCNC(=O)NCC(O)CCC. The standard InChI is InChI=1S/C11H24N2O2/c1-3-5-6-8-12-11(15)13-9-10(14)7-4-2/h10,14H,3-9H2,1-2H3,(H2,12,13,15). The number of aliphatic hydroxyl groups excluding tert-OH is 1. The van der Waals surface area contributed by atoms with Crippen LogP contribution in [0.3, 0.4) is 0 Å². The van der Waals surface area contributed by atoms with Gasteiger partial charge in [-0.25, -0.2) is 4.79 Å². The Bertz CT molecular complexity index is 163. The van der Waals surface area contributed by atoms with Gasteiger partial charge in [-0.15, -0.1) is 0 Å². The van der Waals surface area contributed by atoms with E-state index >= 15 is 0 Å². The van der Waals surface area contributed by atoms with E-state index < -0.39 is 6.10 Å². The fourth-order valence-corrected chi connectivity index (χ4v) is 1.29. The Morgan fingerprint density at radius 3 is 2.53 bits per heavy atom. The summed E-state index contributed by atoms with van der Waals surface area (Å²) in [6.45, 7) is 5.19. The van der Waals surface area contributed by atoms with Gasteiger partial charge in [0.1, 0.15) is 0 Å². The largest absolute Gasteiger partial charge is 0.391 e. The van der Waals surface area contributed by atoms with Crippen LogP contribution < -0.4 is 10.6 Å². The van der Waals surface area contributed by atoms with Crippen molar-refractivity contribution in [3.8, 4) is 0 Å². The van der Waals surface area contributed by atoms with Gasteiger partial charge < -0.3 is 15.7 Å². The molecule has 0 aliphatic rings. The number of rotatable bonds is 8. The minimum Gasteiger partial charge on any atom is -0.391 e. The van der Waals surface area contributed by atoms with Gasteiger partial charge in [0.15, 0.2) is 0 Å². The molecular formula is C11H24N2O2. The molecule has 15 heavy (non-hydrogen) atoms. The van der Waals surface area contributed by atoms with Gasteiger partial charge in [-0.05, 0) is 12.8 Å². The van der Waals surface area contributed by atoms with Crippen LogP contribution in [0.5, 0.6) is 0 Å². The summed E-state index contributed by atoms with van der Waals surface area (Å²) in [5.74, 6) is 0. The lowest BCUT2D eigenvalue weighted by Crippen LogP contribution is -2.40. The van der Waals surface area contributed by atoms with Crippen LogP contribution in [-0.2, 0) is 0 Å². The molecule has 4 heteroatoms. The minimum atomic E-state index is -0.420. The van der Waals surface area contributed by atoms with Gasteiger partial charge in [-0.2, -0.15) is 0 Å². The van der Waals surface area contributed by atoms with Crippen LogP contribution in [0.4, 0.5) is 4.79 Å². The summed E-state index contributed by atoms with van der Waals surface area (Å²) in [6, 6.07) is -0.179. The summed E-state index contributed by atoms with van der Waals surface area (Å²) >= 11 is 0. The predicted octanol–water partition coefficient (Wildman–Crippen LogP) is 1.64. The van der Waals surface area contributed by atoms with Crippen LogP contribution in [0, 0.1) is 0 Å². The van der Waals surface area contributed by atoms with Gasteiger partial charge in [-0.3, -0.25) is 0 Å². The molecule has 0 saturated heterocycles. The van der Waals surface area contributed by atoms with E-state index in [4.69, 9.17) is 0 Å². The first-order valence-electron chi connectivity index (χ1n) is 5.90. The Hall–Kier alpha value is -0.770. The van der Waals surface area contributed by atoms with Crippen molar-refractivity contribution >= 4 is 6.03 Å². The highest BCUT2D eigenvalue weighted by Crippen LogP contribution is 1.94. The number of carbonyl (C=O) groups excluding carboxylic acids is 1. The second kappa shape index (κ2) is 9.77. The van der Waals surface area contributed by atoms with Gasteiger partial charge in [0, 0.05) is 13.1 Å². The zero-order valence-corrected chi connectivity index (χ0v) is 9.88. The van der Waals surface area contributed by atoms with E-state index in [1.54, 1.807) is 0 Å². The molecule has 0 aromatic rings. The van der Waals surface area contributed by atoms with Crippen LogP contribution in [0.15, 0.2) is 0 Å². The monoisotopic (exact) mass is 216 g/mol. The lowest BCUT2D eigenvalue weighted by Gasteiger charge is -2.11. The lowest BCUT2D eigenvalue weighted by molar-refractivity contribution is 0.160. The molecule has 1 atom stereocenters. The van der Waals surface area contributed by atoms with E-state index in [1.807, 2.05) is 6.92 Å². The van der Waals surface area contributed by atoms with Gasteiger partial charge in [0.2, 0.25) is 0 Å². The number of hydrogen-bond donors (Lipinski definition) is 3. The van der Waals surface area contributed by atoms with E-state index in [-0.39, 0.29) is 6.03 Å². The number of amides is 2. The number of nitrogens with one attached hydrogen (secondary N) is 2. The third kappa shape index (κ3) is 9.53. The maximum absolute atomic E-state index is 11.2. The Balaban J connectivity index is 3.32. The van der Waals surface area contributed by atoms with Crippen LogP contribution >= 0.6 is 0 Å². The Morgan fingerprint density at radius 2 is 1.93 bits per heavy atom. The van der Waals surface area contributed by atoms with Crippen molar-refractivity contribution in [1.82, 2.24) is 10.6 Å². The molecule has 0 saturated carbocycles. The number of unbranched alkanes of at least 4 members (excludes halogenated alkanes) is 2. The highest BCUT2D eigenvalue weighted by atomic mass is 16.3. The zero-order valence-electron chi connectivity index (χ0n) is 9.88. The first-order chi connectivity index (χ1) is 7.20. The molecule has 1 unspecified atom stereocenters. The molecule has 2 amide bonds. The van der Waals surface area contributed by atoms with Gasteiger partial charge in [0.05, 0.1) is 6.10 Å². The first-order valence-corrected chi connectivity index (χ1v) is 5.90. The molecule has 0 radical (unpaired) electrons. The molecule has 0 aromatic heterocycles. The number of aliphatic hydroxyl groups is 1. The van der Waals surface area contributed by atoms with E-state index in [0.717, 1.165) is 32.1 Å². The molecular weight excluding hydrogens is 192 g/mol. The predicted molar refractivity (Wildman–Crippen MR) is 61.8 cm³/mol. The maximum atomic E-state index is 11.2. The summed E-state index contributed by atoms with van der Waals surface area (Å²) < 4.78 is 0. The number of urea groups is 1. The van der Waals surface area contributed by atoms with Crippen LogP contribution in [0.2, 0.25) is 0 Å². The summed E-state index contributed by atoms with van der Waals surface area (Å²) in [7, 11) is 0. The normalized spacial score (nSPS) is 12.2. The second-order valence-electron chi connectivity index (χ2n) is 3.79. The average Bonchev–Trinajstić information content (AvgIpc) is 2.22. The Labute approximate surface area is 92.4 Å². The fraction of sp³-hybridized carbons (Fsp3) is 0.909. The molecule has 0 rings (SSSR count). The van der Waals surface area contributed by atoms with E-state index in [0.29, 0.717) is 13.1 Å². The smallest absolute Gasteiger partial charge is 0.314 e. The van der Waals surface area contributed by atoms with Crippen molar-refractivity contribution in [2.75, 3.05) is 13.1 Å². The van der Waals surface area contributed by atoms with Crippen molar-refractivity contribution in [2.45, 2.75) is 52.1 Å². The average molecular weight is 216 g/mol. The van der Waals surface area contributed by atoms with E-state index in [1.165, 1.54) is 0 Å². The van der Waals surface area contributed by atoms with Crippen molar-refractivity contribution < 1.29 is 9.90 Å². The molecule has 3 N–H and O–H groups in total. The molecule has 0 bridgehead atoms. The fourth-order valence-electron chi connectivity index (χ4n) is 1.29. The summed E-state index contributed by atoms with van der Waals surface area (Å²) in [6.07, 6.45) is 4.55. The van der Waals surface area contributed by atoms with Crippen LogP contribution in [0.1, 0.15) is 46.0 Å². The summed E-state index contributed by atoms with van der Waals surface area (Å²) in [4.78, 5) is 11.2. The highest BCUT2D eigenvalue weighted by molar-refractivity contribution is 5.73. The van der Waals surface area contributed by atoms with Crippen molar-refractivity contribution in [3.63, 3.8) is 0 Å². The number of hydrogen-bond acceptors (Lipinski definition) is 2. The lowest BCUT2D eigenvalue weighted by atomic mass is 10.2. The minimum absolute atomic E-state index is 0.179. The molecule has 0 aliphatic carbocycles. The Kier molecular flexibility index (Phi) is 9.27. The van der Waals surface area contributed by atoms with Crippen molar-refractivity contribution in [1.29, 1.82) is 0 Å². The van der Waals surface area contributed by atoms with Crippen molar-refractivity contribution in [2.24, 2.45) is 0 Å². The summed E-state index contributed by atoms with van der Waals surface area (Å²) in [5, 5.41) is 14.8. The molecule has 0 fully saturated rings. The van der Waals surface area contributed by atoms with Crippen LogP contribution in [0.25, 0.3) is 0 Å². The number of carbonyl (C=O) groups is 1. The molecule has 90 valence electrons.